The highest BCUT2D eigenvalue weighted by Crippen LogP contribution is 2.25. The summed E-state index contributed by atoms with van der Waals surface area (Å²) >= 11 is 0. The lowest BCUT2D eigenvalue weighted by atomic mass is 9.96. The third kappa shape index (κ3) is 5.40. The molecule has 2 aliphatic heterocycles. The molecule has 1 aromatic heterocycles. The number of rotatable bonds is 6. The molecule has 6 nitrogen and oxygen atoms in total. The Kier molecular flexibility index (Phi) is 7.28. The molecule has 1 amide bonds. The Morgan fingerprint density at radius 2 is 1.66 bits per heavy atom. The monoisotopic (exact) mass is 435 g/mol. The fourth-order valence-electron chi connectivity index (χ4n) is 4.75. The zero-order valence-electron chi connectivity index (χ0n) is 19.8. The van der Waals surface area contributed by atoms with Gasteiger partial charge in [0.2, 0.25) is 5.91 Å². The molecule has 1 N–H and O–H groups in total. The number of aromatic nitrogens is 2. The maximum absolute atomic E-state index is 13.0. The Hall–Kier alpha value is -2.63. The van der Waals surface area contributed by atoms with E-state index in [1.165, 1.54) is 18.4 Å². The van der Waals surface area contributed by atoms with Crippen LogP contribution in [0.2, 0.25) is 0 Å². The lowest BCUT2D eigenvalue weighted by Crippen LogP contribution is -2.44. The smallest absolute Gasteiger partial charge is 0.225 e. The molecule has 6 heteroatoms. The summed E-state index contributed by atoms with van der Waals surface area (Å²) in [4.78, 5) is 17.5. The van der Waals surface area contributed by atoms with Crippen molar-refractivity contribution in [3.8, 4) is 0 Å². The van der Waals surface area contributed by atoms with Gasteiger partial charge in [0.05, 0.1) is 12.0 Å². The van der Waals surface area contributed by atoms with Gasteiger partial charge in [0, 0.05) is 26.2 Å². The Morgan fingerprint density at radius 1 is 1.00 bits per heavy atom. The standard InChI is InChI=1S/C26H37N5O/c1-4-21-7-9-22(10-8-21)20(3)27-26(32)23-6-5-15-31(18-23)25-12-11-24(28-29-25)30-16-13-19(2)14-17-30/h7-12,19-20,23H,4-6,13-18H2,1-3H3,(H,27,32). The van der Waals surface area contributed by atoms with E-state index < -0.39 is 0 Å². The average molecular weight is 436 g/mol. The number of carbonyl (C=O) groups excluding carboxylic acids is 1. The summed E-state index contributed by atoms with van der Waals surface area (Å²) in [6.07, 6.45) is 5.37. The third-order valence-corrected chi connectivity index (χ3v) is 7.11. The first kappa shape index (κ1) is 22.6. The number of hydrogen-bond donors (Lipinski definition) is 1. The summed E-state index contributed by atoms with van der Waals surface area (Å²) in [5.41, 5.74) is 2.47. The van der Waals surface area contributed by atoms with E-state index in [1.807, 2.05) is 0 Å². The van der Waals surface area contributed by atoms with E-state index >= 15 is 0 Å². The highest BCUT2D eigenvalue weighted by Gasteiger charge is 2.28. The van der Waals surface area contributed by atoms with Gasteiger partial charge in [-0.15, -0.1) is 10.2 Å². The van der Waals surface area contributed by atoms with Crippen molar-refractivity contribution in [3.05, 3.63) is 47.5 Å². The lowest BCUT2D eigenvalue weighted by molar-refractivity contribution is -0.125. The van der Waals surface area contributed by atoms with Crippen molar-refractivity contribution in [2.75, 3.05) is 36.0 Å². The minimum Gasteiger partial charge on any atom is -0.355 e. The molecular weight excluding hydrogens is 398 g/mol. The third-order valence-electron chi connectivity index (χ3n) is 7.11. The number of nitrogens with one attached hydrogen (secondary N) is 1. The van der Waals surface area contributed by atoms with E-state index in [2.05, 4.69) is 82.5 Å². The van der Waals surface area contributed by atoms with Crippen LogP contribution in [-0.4, -0.2) is 42.3 Å². The quantitative estimate of drug-likeness (QED) is 0.730. The summed E-state index contributed by atoms with van der Waals surface area (Å²) in [5, 5.41) is 12.2. The molecule has 172 valence electrons. The van der Waals surface area contributed by atoms with Crippen LogP contribution in [0.4, 0.5) is 11.6 Å². The number of nitrogens with zero attached hydrogens (tertiary/aromatic N) is 4. The molecular formula is C26H37N5O. The van der Waals surface area contributed by atoms with Crippen molar-refractivity contribution in [1.82, 2.24) is 15.5 Å². The van der Waals surface area contributed by atoms with Gasteiger partial charge >= 0.3 is 0 Å². The van der Waals surface area contributed by atoms with Gasteiger partial charge in [-0.3, -0.25) is 4.79 Å². The first-order valence-electron chi connectivity index (χ1n) is 12.3. The number of amides is 1. The van der Waals surface area contributed by atoms with E-state index in [0.29, 0.717) is 6.54 Å². The second-order valence-electron chi connectivity index (χ2n) is 9.53. The average Bonchev–Trinajstić information content (AvgIpc) is 2.84. The molecule has 2 unspecified atom stereocenters. The van der Waals surface area contributed by atoms with Crippen LogP contribution in [0.3, 0.4) is 0 Å². The molecule has 0 aliphatic carbocycles. The number of anilines is 2. The Bertz CT molecular complexity index is 874. The van der Waals surface area contributed by atoms with Gasteiger partial charge in [-0.1, -0.05) is 38.1 Å². The normalized spacial score (nSPS) is 20.8. The molecule has 2 atom stereocenters. The zero-order valence-corrected chi connectivity index (χ0v) is 19.8. The molecule has 2 fully saturated rings. The SMILES string of the molecule is CCc1ccc(C(C)NC(=O)C2CCCN(c3ccc(N4CCC(C)CC4)nn3)C2)cc1. The van der Waals surface area contributed by atoms with Gasteiger partial charge in [0.15, 0.2) is 11.6 Å². The topological polar surface area (TPSA) is 61.4 Å². The first-order chi connectivity index (χ1) is 15.5. The molecule has 0 spiro atoms. The molecule has 1 aromatic carbocycles. The summed E-state index contributed by atoms with van der Waals surface area (Å²) in [7, 11) is 0. The largest absolute Gasteiger partial charge is 0.355 e. The Morgan fingerprint density at radius 3 is 2.28 bits per heavy atom. The fourth-order valence-corrected chi connectivity index (χ4v) is 4.75. The van der Waals surface area contributed by atoms with Crippen LogP contribution in [0.25, 0.3) is 0 Å². The zero-order chi connectivity index (χ0) is 22.5. The first-order valence-corrected chi connectivity index (χ1v) is 12.3. The van der Waals surface area contributed by atoms with Gasteiger partial charge in [0.25, 0.3) is 0 Å². The van der Waals surface area contributed by atoms with E-state index in [9.17, 15) is 4.79 Å². The van der Waals surface area contributed by atoms with E-state index in [-0.39, 0.29) is 17.9 Å². The second kappa shape index (κ2) is 10.3. The van der Waals surface area contributed by atoms with Crippen molar-refractivity contribution in [1.29, 1.82) is 0 Å². The fraction of sp³-hybridized carbons (Fsp3) is 0.577. The number of piperidine rings is 2. The van der Waals surface area contributed by atoms with E-state index in [1.54, 1.807) is 0 Å². The molecule has 4 rings (SSSR count). The highest BCUT2D eigenvalue weighted by atomic mass is 16.2. The molecule has 2 saturated heterocycles. The highest BCUT2D eigenvalue weighted by molar-refractivity contribution is 5.80. The molecule has 0 radical (unpaired) electrons. The Labute approximate surface area is 192 Å². The minimum absolute atomic E-state index is 0.00937. The summed E-state index contributed by atoms with van der Waals surface area (Å²) < 4.78 is 0. The van der Waals surface area contributed by atoms with Gasteiger partial charge in [-0.05, 0) is 68.2 Å². The number of aryl methyl sites for hydroxylation is 1. The predicted molar refractivity (Wildman–Crippen MR) is 130 cm³/mol. The maximum atomic E-state index is 13.0. The van der Waals surface area contributed by atoms with Crippen LogP contribution in [0.15, 0.2) is 36.4 Å². The minimum atomic E-state index is -0.0221. The predicted octanol–water partition coefficient (Wildman–Crippen LogP) is 4.37. The van der Waals surface area contributed by atoms with E-state index in [0.717, 1.165) is 62.0 Å². The van der Waals surface area contributed by atoms with Crippen molar-refractivity contribution in [2.45, 2.75) is 58.9 Å². The van der Waals surface area contributed by atoms with Crippen LogP contribution in [0.1, 0.15) is 63.6 Å². The van der Waals surface area contributed by atoms with Crippen molar-refractivity contribution in [2.24, 2.45) is 11.8 Å². The summed E-state index contributed by atoms with van der Waals surface area (Å²) in [6.45, 7) is 10.3. The van der Waals surface area contributed by atoms with Crippen LogP contribution in [0.5, 0.6) is 0 Å². The second-order valence-corrected chi connectivity index (χ2v) is 9.53. The van der Waals surface area contributed by atoms with Gasteiger partial charge < -0.3 is 15.1 Å². The number of benzene rings is 1. The molecule has 0 bridgehead atoms. The molecule has 2 aliphatic rings. The van der Waals surface area contributed by atoms with Gasteiger partial charge in [0.1, 0.15) is 0 Å². The molecule has 2 aromatic rings. The number of hydrogen-bond acceptors (Lipinski definition) is 5. The summed E-state index contributed by atoms with van der Waals surface area (Å²) in [5.74, 6) is 2.75. The Balaban J connectivity index is 1.33. The van der Waals surface area contributed by atoms with Gasteiger partial charge in [-0.25, -0.2) is 0 Å². The van der Waals surface area contributed by atoms with E-state index in [4.69, 9.17) is 0 Å². The number of carbonyl (C=O) groups is 1. The van der Waals surface area contributed by atoms with Crippen LogP contribution < -0.4 is 15.1 Å². The summed E-state index contributed by atoms with van der Waals surface area (Å²) in [6, 6.07) is 12.7. The lowest BCUT2D eigenvalue weighted by Gasteiger charge is -2.34. The maximum Gasteiger partial charge on any atom is 0.225 e. The molecule has 0 saturated carbocycles. The van der Waals surface area contributed by atoms with Crippen molar-refractivity contribution >= 4 is 17.5 Å². The van der Waals surface area contributed by atoms with Gasteiger partial charge in [-0.2, -0.15) is 0 Å². The molecule has 32 heavy (non-hydrogen) atoms. The van der Waals surface area contributed by atoms with Crippen LogP contribution in [0, 0.1) is 11.8 Å². The van der Waals surface area contributed by atoms with Crippen LogP contribution >= 0.6 is 0 Å². The molecule has 3 heterocycles. The van der Waals surface area contributed by atoms with Crippen LogP contribution in [-0.2, 0) is 11.2 Å². The van der Waals surface area contributed by atoms with Crippen molar-refractivity contribution < 1.29 is 4.79 Å². The van der Waals surface area contributed by atoms with Crippen molar-refractivity contribution in [3.63, 3.8) is 0 Å².